The molecule has 0 amide bonds. The molecular formula is C16H23NO4. The van der Waals surface area contributed by atoms with Crippen molar-refractivity contribution >= 4 is 0 Å². The van der Waals surface area contributed by atoms with Gasteiger partial charge in [0, 0.05) is 26.3 Å². The standard InChI is InChI=1S/C16H23NO4/c1-3-19-15-9-12(16(15)18-2)17-10-11-4-5-13-14(8-11)21-7-6-20-13/h4-5,8,12,15-17H,3,6-7,9-10H2,1-2H3. The summed E-state index contributed by atoms with van der Waals surface area (Å²) in [6.07, 6.45) is 1.36. The number of hydrogen-bond acceptors (Lipinski definition) is 5. The van der Waals surface area contributed by atoms with Crippen LogP contribution in [0.4, 0.5) is 0 Å². The van der Waals surface area contributed by atoms with Crippen LogP contribution in [0.2, 0.25) is 0 Å². The van der Waals surface area contributed by atoms with Gasteiger partial charge in [-0.05, 0) is 31.0 Å². The van der Waals surface area contributed by atoms with Gasteiger partial charge < -0.3 is 24.3 Å². The van der Waals surface area contributed by atoms with Gasteiger partial charge in [0.05, 0.1) is 12.2 Å². The van der Waals surface area contributed by atoms with E-state index >= 15 is 0 Å². The maximum atomic E-state index is 5.64. The highest BCUT2D eigenvalue weighted by Gasteiger charge is 2.41. The zero-order valence-corrected chi connectivity index (χ0v) is 12.6. The van der Waals surface area contributed by atoms with Crippen molar-refractivity contribution in [1.82, 2.24) is 5.32 Å². The zero-order valence-electron chi connectivity index (χ0n) is 12.6. The van der Waals surface area contributed by atoms with Crippen LogP contribution < -0.4 is 14.8 Å². The Bertz CT molecular complexity index is 479. The Kier molecular flexibility index (Phi) is 4.63. The van der Waals surface area contributed by atoms with Crippen molar-refractivity contribution in [3.05, 3.63) is 23.8 Å². The molecule has 0 saturated heterocycles. The monoisotopic (exact) mass is 293 g/mol. The summed E-state index contributed by atoms with van der Waals surface area (Å²) in [5.41, 5.74) is 1.19. The Morgan fingerprint density at radius 1 is 1.24 bits per heavy atom. The number of fused-ring (bicyclic) bond motifs is 1. The van der Waals surface area contributed by atoms with E-state index in [1.165, 1.54) is 5.56 Å². The third-order valence-electron chi connectivity index (χ3n) is 4.08. The molecular weight excluding hydrogens is 270 g/mol. The van der Waals surface area contributed by atoms with Crippen LogP contribution in [-0.2, 0) is 16.0 Å². The highest BCUT2D eigenvalue weighted by atomic mass is 16.6. The van der Waals surface area contributed by atoms with E-state index in [1.807, 2.05) is 19.1 Å². The largest absolute Gasteiger partial charge is 0.486 e. The van der Waals surface area contributed by atoms with E-state index in [1.54, 1.807) is 7.11 Å². The van der Waals surface area contributed by atoms with Gasteiger partial charge in [-0.1, -0.05) is 6.07 Å². The van der Waals surface area contributed by atoms with Crippen LogP contribution in [0.5, 0.6) is 11.5 Å². The van der Waals surface area contributed by atoms with Gasteiger partial charge in [-0.3, -0.25) is 0 Å². The lowest BCUT2D eigenvalue weighted by molar-refractivity contribution is -0.131. The van der Waals surface area contributed by atoms with Crippen LogP contribution in [0.3, 0.4) is 0 Å². The highest BCUT2D eigenvalue weighted by molar-refractivity contribution is 5.43. The molecule has 1 fully saturated rings. The van der Waals surface area contributed by atoms with E-state index in [4.69, 9.17) is 18.9 Å². The van der Waals surface area contributed by atoms with Crippen molar-refractivity contribution in [3.8, 4) is 11.5 Å². The van der Waals surface area contributed by atoms with E-state index in [0.717, 1.165) is 31.1 Å². The van der Waals surface area contributed by atoms with Crippen LogP contribution in [0.15, 0.2) is 18.2 Å². The summed E-state index contributed by atoms with van der Waals surface area (Å²) in [5.74, 6) is 1.67. The first-order chi connectivity index (χ1) is 10.3. The van der Waals surface area contributed by atoms with E-state index in [-0.39, 0.29) is 12.2 Å². The molecule has 21 heavy (non-hydrogen) atoms. The Hall–Kier alpha value is -1.30. The Labute approximate surface area is 125 Å². The minimum Gasteiger partial charge on any atom is -0.486 e. The van der Waals surface area contributed by atoms with Crippen LogP contribution in [0, 0.1) is 0 Å². The molecule has 1 aliphatic heterocycles. The molecule has 5 nitrogen and oxygen atoms in total. The van der Waals surface area contributed by atoms with Crippen molar-refractivity contribution in [2.45, 2.75) is 38.1 Å². The summed E-state index contributed by atoms with van der Waals surface area (Å²) >= 11 is 0. The summed E-state index contributed by atoms with van der Waals surface area (Å²) in [6.45, 7) is 4.79. The van der Waals surface area contributed by atoms with Crippen LogP contribution in [0.1, 0.15) is 18.9 Å². The molecule has 0 aromatic heterocycles. The van der Waals surface area contributed by atoms with Crippen molar-refractivity contribution in [1.29, 1.82) is 0 Å². The number of rotatable bonds is 6. The van der Waals surface area contributed by atoms with Gasteiger partial charge in [0.2, 0.25) is 0 Å². The number of nitrogens with one attached hydrogen (secondary N) is 1. The fourth-order valence-electron chi connectivity index (χ4n) is 2.92. The first kappa shape index (κ1) is 14.6. The molecule has 2 aliphatic rings. The summed E-state index contributed by atoms with van der Waals surface area (Å²) < 4.78 is 22.3. The molecule has 1 N–H and O–H groups in total. The molecule has 1 aromatic carbocycles. The summed E-state index contributed by atoms with van der Waals surface area (Å²) in [6, 6.07) is 6.44. The molecule has 3 unspecified atom stereocenters. The zero-order chi connectivity index (χ0) is 14.7. The summed E-state index contributed by atoms with van der Waals surface area (Å²) in [7, 11) is 1.74. The van der Waals surface area contributed by atoms with Crippen molar-refractivity contribution in [2.24, 2.45) is 0 Å². The lowest BCUT2D eigenvalue weighted by atomic mass is 9.85. The predicted octanol–water partition coefficient (Wildman–Crippen LogP) is 1.74. The molecule has 1 aromatic rings. The molecule has 1 heterocycles. The van der Waals surface area contributed by atoms with E-state index in [0.29, 0.717) is 19.3 Å². The van der Waals surface area contributed by atoms with Gasteiger partial charge in [-0.15, -0.1) is 0 Å². The Morgan fingerprint density at radius 2 is 2.05 bits per heavy atom. The first-order valence-electron chi connectivity index (χ1n) is 7.58. The second-order valence-corrected chi connectivity index (χ2v) is 5.40. The molecule has 5 heteroatoms. The normalized spacial score (nSPS) is 27.2. The first-order valence-corrected chi connectivity index (χ1v) is 7.58. The van der Waals surface area contributed by atoms with Crippen LogP contribution >= 0.6 is 0 Å². The summed E-state index contributed by atoms with van der Waals surface area (Å²) in [4.78, 5) is 0. The van der Waals surface area contributed by atoms with E-state index < -0.39 is 0 Å². The van der Waals surface area contributed by atoms with Crippen LogP contribution in [-0.4, -0.2) is 45.2 Å². The predicted molar refractivity (Wildman–Crippen MR) is 78.9 cm³/mol. The molecule has 3 rings (SSSR count). The van der Waals surface area contributed by atoms with E-state index in [2.05, 4.69) is 11.4 Å². The lowest BCUT2D eigenvalue weighted by Crippen LogP contribution is -2.59. The second-order valence-electron chi connectivity index (χ2n) is 5.40. The molecule has 1 aliphatic carbocycles. The topological polar surface area (TPSA) is 49.0 Å². The van der Waals surface area contributed by atoms with Gasteiger partial charge in [0.25, 0.3) is 0 Å². The minimum atomic E-state index is 0.141. The highest BCUT2D eigenvalue weighted by Crippen LogP contribution is 2.31. The molecule has 0 spiro atoms. The smallest absolute Gasteiger partial charge is 0.161 e. The summed E-state index contributed by atoms with van der Waals surface area (Å²) in [5, 5.41) is 3.53. The van der Waals surface area contributed by atoms with Gasteiger partial charge >= 0.3 is 0 Å². The van der Waals surface area contributed by atoms with Crippen molar-refractivity contribution < 1.29 is 18.9 Å². The quantitative estimate of drug-likeness (QED) is 0.866. The van der Waals surface area contributed by atoms with Crippen molar-refractivity contribution in [2.75, 3.05) is 26.9 Å². The van der Waals surface area contributed by atoms with Gasteiger partial charge in [0.15, 0.2) is 11.5 Å². The molecule has 0 radical (unpaired) electrons. The average molecular weight is 293 g/mol. The van der Waals surface area contributed by atoms with Gasteiger partial charge in [0.1, 0.15) is 13.2 Å². The number of hydrogen-bond donors (Lipinski definition) is 1. The second kappa shape index (κ2) is 6.64. The Balaban J connectivity index is 1.53. The minimum absolute atomic E-state index is 0.141. The Morgan fingerprint density at radius 3 is 2.81 bits per heavy atom. The molecule has 0 bridgehead atoms. The molecule has 1 saturated carbocycles. The number of methoxy groups -OCH3 is 1. The fourth-order valence-corrected chi connectivity index (χ4v) is 2.92. The molecule has 3 atom stereocenters. The maximum Gasteiger partial charge on any atom is 0.161 e. The van der Waals surface area contributed by atoms with Crippen molar-refractivity contribution in [3.63, 3.8) is 0 Å². The molecule has 116 valence electrons. The average Bonchev–Trinajstić information content (AvgIpc) is 2.50. The SMILES string of the molecule is CCOC1CC(NCc2ccc3c(c2)OCCO3)C1OC. The number of benzene rings is 1. The van der Waals surface area contributed by atoms with E-state index in [9.17, 15) is 0 Å². The third kappa shape index (κ3) is 3.15. The maximum absolute atomic E-state index is 5.64. The number of ether oxygens (including phenoxy) is 4. The fraction of sp³-hybridized carbons (Fsp3) is 0.625. The third-order valence-corrected chi connectivity index (χ3v) is 4.08. The lowest BCUT2D eigenvalue weighted by Gasteiger charge is -2.43. The van der Waals surface area contributed by atoms with Gasteiger partial charge in [-0.2, -0.15) is 0 Å². The van der Waals surface area contributed by atoms with Crippen LogP contribution in [0.25, 0.3) is 0 Å². The van der Waals surface area contributed by atoms with Gasteiger partial charge in [-0.25, -0.2) is 0 Å².